The lowest BCUT2D eigenvalue weighted by atomic mass is 9.99. The third-order valence-electron chi connectivity index (χ3n) is 2.95. The quantitative estimate of drug-likeness (QED) is 0.746. The Morgan fingerprint density at radius 1 is 1.06 bits per heavy atom. The Bertz CT molecular complexity index is 647. The van der Waals surface area contributed by atoms with Crippen LogP contribution in [-0.4, -0.2) is 26.4 Å². The van der Waals surface area contributed by atoms with E-state index in [1.54, 1.807) is 10.7 Å². The Hall–Kier alpha value is -2.27. The summed E-state index contributed by atoms with van der Waals surface area (Å²) in [5.41, 5.74) is 7.74. The second-order valence-electron chi connectivity index (χ2n) is 4.05. The third kappa shape index (κ3) is 1.74. The van der Waals surface area contributed by atoms with Crippen LogP contribution in [0, 0.1) is 0 Å². The molecular weight excluding hydrogens is 226 g/mol. The van der Waals surface area contributed by atoms with Crippen molar-refractivity contribution in [1.29, 1.82) is 0 Å². The zero-order chi connectivity index (χ0) is 12.4. The van der Waals surface area contributed by atoms with E-state index in [9.17, 15) is 0 Å². The fraction of sp³-hybridized carbons (Fsp3) is 0.154. The first kappa shape index (κ1) is 10.9. The second kappa shape index (κ2) is 4.54. The molecule has 0 aliphatic carbocycles. The Morgan fingerprint density at radius 3 is 2.67 bits per heavy atom. The number of rotatable bonds is 3. The molecule has 1 atom stereocenters. The van der Waals surface area contributed by atoms with E-state index in [1.165, 1.54) is 0 Å². The summed E-state index contributed by atoms with van der Waals surface area (Å²) >= 11 is 0. The van der Waals surface area contributed by atoms with E-state index in [0.717, 1.165) is 17.0 Å². The Morgan fingerprint density at radius 2 is 1.89 bits per heavy atom. The van der Waals surface area contributed by atoms with Gasteiger partial charge in [-0.3, -0.25) is 0 Å². The van der Waals surface area contributed by atoms with Crippen molar-refractivity contribution in [3.63, 3.8) is 0 Å². The summed E-state index contributed by atoms with van der Waals surface area (Å²) in [5, 5.41) is 12.6. The van der Waals surface area contributed by atoms with Crippen molar-refractivity contribution in [2.75, 3.05) is 6.54 Å². The maximum Gasteiger partial charge on any atom is 0.177 e. The van der Waals surface area contributed by atoms with Crippen molar-refractivity contribution in [3.8, 4) is 0 Å². The highest BCUT2D eigenvalue weighted by atomic mass is 15.4. The van der Waals surface area contributed by atoms with Gasteiger partial charge in [-0.1, -0.05) is 30.3 Å². The van der Waals surface area contributed by atoms with Crippen LogP contribution in [0.1, 0.15) is 17.3 Å². The summed E-state index contributed by atoms with van der Waals surface area (Å²) in [6.45, 7) is 0.474. The molecule has 90 valence electrons. The molecule has 2 N–H and O–H groups in total. The first-order valence-corrected chi connectivity index (χ1v) is 5.81. The molecule has 0 bridgehead atoms. The molecule has 1 aromatic carbocycles. The van der Waals surface area contributed by atoms with Crippen molar-refractivity contribution in [3.05, 3.63) is 60.0 Å². The van der Waals surface area contributed by atoms with E-state index in [-0.39, 0.29) is 5.92 Å². The van der Waals surface area contributed by atoms with Crippen LogP contribution in [-0.2, 0) is 0 Å². The average molecular weight is 239 g/mol. The molecule has 2 heterocycles. The molecule has 0 saturated carbocycles. The van der Waals surface area contributed by atoms with Gasteiger partial charge in [-0.15, -0.1) is 10.2 Å². The molecule has 0 radical (unpaired) electrons. The van der Waals surface area contributed by atoms with Crippen molar-refractivity contribution >= 4 is 5.65 Å². The zero-order valence-corrected chi connectivity index (χ0v) is 9.77. The van der Waals surface area contributed by atoms with Gasteiger partial charge in [0, 0.05) is 12.7 Å². The van der Waals surface area contributed by atoms with Crippen LogP contribution in [0.3, 0.4) is 0 Å². The minimum Gasteiger partial charge on any atom is -0.329 e. The van der Waals surface area contributed by atoms with E-state index >= 15 is 0 Å². The van der Waals surface area contributed by atoms with Gasteiger partial charge in [0.25, 0.3) is 0 Å². The van der Waals surface area contributed by atoms with Gasteiger partial charge in [-0.2, -0.15) is 9.61 Å². The first-order chi connectivity index (χ1) is 8.90. The largest absolute Gasteiger partial charge is 0.329 e. The normalized spacial score (nSPS) is 12.7. The minimum absolute atomic E-state index is 0.0103. The van der Waals surface area contributed by atoms with Gasteiger partial charge in [-0.05, 0) is 17.7 Å². The highest BCUT2D eigenvalue weighted by Crippen LogP contribution is 2.21. The summed E-state index contributed by atoms with van der Waals surface area (Å²) in [5.74, 6) is 0.787. The summed E-state index contributed by atoms with van der Waals surface area (Å²) in [4.78, 5) is 0. The SMILES string of the molecule is NCC(c1ccccc1)c1nnc2cccnn12. The number of benzene rings is 1. The van der Waals surface area contributed by atoms with E-state index in [4.69, 9.17) is 5.73 Å². The molecule has 0 aliphatic heterocycles. The molecule has 18 heavy (non-hydrogen) atoms. The molecule has 0 aliphatic rings. The summed E-state index contributed by atoms with van der Waals surface area (Å²) in [6.07, 6.45) is 1.72. The van der Waals surface area contributed by atoms with Crippen LogP contribution >= 0.6 is 0 Å². The fourth-order valence-electron chi connectivity index (χ4n) is 2.05. The highest BCUT2D eigenvalue weighted by Gasteiger charge is 2.18. The lowest BCUT2D eigenvalue weighted by Crippen LogP contribution is -2.17. The van der Waals surface area contributed by atoms with E-state index in [2.05, 4.69) is 15.3 Å². The average Bonchev–Trinajstić information content (AvgIpc) is 2.85. The van der Waals surface area contributed by atoms with Gasteiger partial charge in [0.1, 0.15) is 0 Å². The van der Waals surface area contributed by atoms with Crippen molar-refractivity contribution < 1.29 is 0 Å². The van der Waals surface area contributed by atoms with Crippen LogP contribution in [0.5, 0.6) is 0 Å². The van der Waals surface area contributed by atoms with Gasteiger partial charge in [0.05, 0.1) is 5.92 Å². The molecule has 3 aromatic rings. The number of hydrogen-bond donors (Lipinski definition) is 1. The Balaban J connectivity index is 2.12. The molecule has 0 fully saturated rings. The third-order valence-corrected chi connectivity index (χ3v) is 2.95. The second-order valence-corrected chi connectivity index (χ2v) is 4.05. The Labute approximate surface area is 104 Å². The van der Waals surface area contributed by atoms with E-state index in [1.807, 2.05) is 42.5 Å². The number of nitrogens with two attached hydrogens (primary N) is 1. The molecule has 5 heteroatoms. The smallest absolute Gasteiger partial charge is 0.177 e. The predicted octanol–water partition coefficient (Wildman–Crippen LogP) is 1.21. The number of nitrogens with zero attached hydrogens (tertiary/aromatic N) is 4. The summed E-state index contributed by atoms with van der Waals surface area (Å²) in [6, 6.07) is 13.8. The molecule has 2 aromatic heterocycles. The molecule has 3 rings (SSSR count). The van der Waals surface area contributed by atoms with Crippen LogP contribution < -0.4 is 5.73 Å². The molecule has 5 nitrogen and oxygen atoms in total. The topological polar surface area (TPSA) is 69.1 Å². The van der Waals surface area contributed by atoms with E-state index < -0.39 is 0 Å². The highest BCUT2D eigenvalue weighted by molar-refractivity contribution is 5.37. The van der Waals surface area contributed by atoms with Crippen molar-refractivity contribution in [2.45, 2.75) is 5.92 Å². The number of fused-ring (bicyclic) bond motifs is 1. The maximum atomic E-state index is 5.88. The predicted molar refractivity (Wildman–Crippen MR) is 68.1 cm³/mol. The van der Waals surface area contributed by atoms with E-state index in [0.29, 0.717) is 6.54 Å². The van der Waals surface area contributed by atoms with Gasteiger partial charge in [0.2, 0.25) is 0 Å². The number of aromatic nitrogens is 4. The standard InChI is InChI=1S/C13H13N5/c14-9-11(10-5-2-1-3-6-10)13-17-16-12-7-4-8-15-18(12)13/h1-8,11H,9,14H2. The monoisotopic (exact) mass is 239 g/mol. The van der Waals surface area contributed by atoms with Crippen LogP contribution in [0.15, 0.2) is 48.7 Å². The van der Waals surface area contributed by atoms with Gasteiger partial charge in [-0.25, -0.2) is 0 Å². The minimum atomic E-state index is 0.0103. The summed E-state index contributed by atoms with van der Waals surface area (Å²) in [7, 11) is 0. The van der Waals surface area contributed by atoms with Crippen molar-refractivity contribution in [1.82, 2.24) is 19.8 Å². The van der Waals surface area contributed by atoms with Gasteiger partial charge in [0.15, 0.2) is 11.5 Å². The number of hydrogen-bond acceptors (Lipinski definition) is 4. The van der Waals surface area contributed by atoms with Crippen LogP contribution in [0.2, 0.25) is 0 Å². The van der Waals surface area contributed by atoms with Crippen molar-refractivity contribution in [2.24, 2.45) is 5.73 Å². The molecule has 0 spiro atoms. The van der Waals surface area contributed by atoms with Gasteiger partial charge < -0.3 is 5.73 Å². The van der Waals surface area contributed by atoms with Crippen LogP contribution in [0.4, 0.5) is 0 Å². The maximum absolute atomic E-state index is 5.88. The first-order valence-electron chi connectivity index (χ1n) is 5.81. The zero-order valence-electron chi connectivity index (χ0n) is 9.77. The fourth-order valence-corrected chi connectivity index (χ4v) is 2.05. The molecular formula is C13H13N5. The van der Waals surface area contributed by atoms with Crippen LogP contribution in [0.25, 0.3) is 5.65 Å². The lowest BCUT2D eigenvalue weighted by molar-refractivity contribution is 0.707. The molecule has 0 amide bonds. The molecule has 0 saturated heterocycles. The van der Waals surface area contributed by atoms with Gasteiger partial charge >= 0.3 is 0 Å². The Kier molecular flexibility index (Phi) is 2.74. The lowest BCUT2D eigenvalue weighted by Gasteiger charge is -2.12. The molecule has 1 unspecified atom stereocenters. The summed E-state index contributed by atoms with van der Waals surface area (Å²) < 4.78 is 1.74.